The summed E-state index contributed by atoms with van der Waals surface area (Å²) in [4.78, 5) is 23.8. The summed E-state index contributed by atoms with van der Waals surface area (Å²) < 4.78 is 0. The van der Waals surface area contributed by atoms with Gasteiger partial charge in [0.05, 0.1) is 10.9 Å². The summed E-state index contributed by atoms with van der Waals surface area (Å²) in [5.41, 5.74) is 2.64. The monoisotopic (exact) mass is 320 g/mol. The zero-order valence-corrected chi connectivity index (χ0v) is 13.2. The summed E-state index contributed by atoms with van der Waals surface area (Å²) in [5, 5.41) is -0.0279. The highest BCUT2D eigenvalue weighted by Crippen LogP contribution is 2.24. The molecule has 0 bridgehead atoms. The molecule has 0 aliphatic rings. The highest BCUT2D eigenvalue weighted by atomic mass is 35.5. The second-order valence-electron chi connectivity index (χ2n) is 4.96. The van der Waals surface area contributed by atoms with Crippen LogP contribution in [0.1, 0.15) is 39.9 Å². The first-order valence-corrected chi connectivity index (χ1v) is 7.26. The molecule has 0 spiro atoms. The molecule has 0 amide bonds. The normalized spacial score (nSPS) is 12.0. The molecule has 2 nitrogen and oxygen atoms in total. The Kier molecular flexibility index (Phi) is 4.81. The van der Waals surface area contributed by atoms with E-state index in [0.29, 0.717) is 21.7 Å². The first kappa shape index (κ1) is 15.7. The minimum absolute atomic E-state index is 0.170. The molecule has 108 valence electrons. The molecule has 2 aromatic rings. The minimum atomic E-state index is -0.451. The smallest absolute Gasteiger partial charge is 0.228 e. The predicted molar refractivity (Wildman–Crippen MR) is 85.3 cm³/mol. The van der Waals surface area contributed by atoms with Gasteiger partial charge in [0.25, 0.3) is 0 Å². The minimum Gasteiger partial charge on any atom is -0.289 e. The zero-order chi connectivity index (χ0) is 15.6. The second-order valence-corrected chi connectivity index (χ2v) is 5.74. The SMILES string of the molecule is Cc1ccc(C(=O)c2cccc(C(C)C(=O)Cl)c2)c(Cl)c1. The summed E-state index contributed by atoms with van der Waals surface area (Å²) in [5.74, 6) is -0.621. The number of hydrogen-bond acceptors (Lipinski definition) is 2. The largest absolute Gasteiger partial charge is 0.289 e. The van der Waals surface area contributed by atoms with Crippen LogP contribution in [0.25, 0.3) is 0 Å². The Morgan fingerprint density at radius 3 is 2.43 bits per heavy atom. The molecule has 0 heterocycles. The van der Waals surface area contributed by atoms with Gasteiger partial charge in [-0.3, -0.25) is 9.59 Å². The van der Waals surface area contributed by atoms with Crippen LogP contribution < -0.4 is 0 Å². The maximum atomic E-state index is 12.5. The van der Waals surface area contributed by atoms with E-state index in [4.69, 9.17) is 23.2 Å². The molecule has 0 aliphatic heterocycles. The van der Waals surface area contributed by atoms with Crippen molar-refractivity contribution in [2.45, 2.75) is 19.8 Å². The topological polar surface area (TPSA) is 34.1 Å². The molecule has 0 aromatic heterocycles. The molecule has 0 radical (unpaired) electrons. The molecule has 0 saturated carbocycles. The third-order valence-corrected chi connectivity index (χ3v) is 4.00. The number of halogens is 2. The fourth-order valence-corrected chi connectivity index (χ4v) is 2.49. The summed E-state index contributed by atoms with van der Waals surface area (Å²) in [6.45, 7) is 3.62. The van der Waals surface area contributed by atoms with Crippen LogP contribution in [0.4, 0.5) is 0 Å². The maximum absolute atomic E-state index is 12.5. The molecule has 0 fully saturated rings. The van der Waals surface area contributed by atoms with E-state index in [1.54, 1.807) is 43.3 Å². The number of rotatable bonds is 4. The van der Waals surface area contributed by atoms with Crippen LogP contribution in [-0.2, 0) is 4.79 Å². The lowest BCUT2D eigenvalue weighted by atomic mass is 9.96. The molecule has 1 atom stereocenters. The van der Waals surface area contributed by atoms with Gasteiger partial charge in [-0.25, -0.2) is 0 Å². The number of ketones is 1. The number of hydrogen-bond donors (Lipinski definition) is 0. The second kappa shape index (κ2) is 6.42. The highest BCUT2D eigenvalue weighted by Gasteiger charge is 2.17. The van der Waals surface area contributed by atoms with Crippen molar-refractivity contribution in [1.82, 2.24) is 0 Å². The first-order chi connectivity index (χ1) is 9.90. The van der Waals surface area contributed by atoms with E-state index in [0.717, 1.165) is 5.56 Å². The third kappa shape index (κ3) is 3.52. The molecule has 0 N–H and O–H groups in total. The van der Waals surface area contributed by atoms with Crippen LogP contribution in [-0.4, -0.2) is 11.0 Å². The summed E-state index contributed by atoms with van der Waals surface area (Å²) in [6, 6.07) is 12.2. The average Bonchev–Trinajstić information content (AvgIpc) is 2.46. The Morgan fingerprint density at radius 2 is 1.81 bits per heavy atom. The van der Waals surface area contributed by atoms with Gasteiger partial charge in [0, 0.05) is 11.1 Å². The van der Waals surface area contributed by atoms with Gasteiger partial charge in [0.2, 0.25) is 5.24 Å². The van der Waals surface area contributed by atoms with Gasteiger partial charge >= 0.3 is 0 Å². The van der Waals surface area contributed by atoms with E-state index in [1.807, 2.05) is 13.0 Å². The summed E-state index contributed by atoms with van der Waals surface area (Å²) in [6.07, 6.45) is 0. The lowest BCUT2D eigenvalue weighted by Crippen LogP contribution is -2.06. The molecule has 1 unspecified atom stereocenters. The van der Waals surface area contributed by atoms with Gasteiger partial charge < -0.3 is 0 Å². The molecule has 0 aliphatic carbocycles. The standard InChI is InChI=1S/C17H14Cl2O2/c1-10-6-7-14(15(18)8-10)16(20)13-5-3-4-12(9-13)11(2)17(19)21/h3-9,11H,1-2H3. The lowest BCUT2D eigenvalue weighted by molar-refractivity contribution is -0.112. The predicted octanol–water partition coefficient (Wildman–Crippen LogP) is 4.75. The first-order valence-electron chi connectivity index (χ1n) is 6.50. The van der Waals surface area contributed by atoms with Gasteiger partial charge in [-0.15, -0.1) is 0 Å². The van der Waals surface area contributed by atoms with E-state index in [2.05, 4.69) is 0 Å². The zero-order valence-electron chi connectivity index (χ0n) is 11.7. The lowest BCUT2D eigenvalue weighted by Gasteiger charge is -2.09. The molecule has 4 heteroatoms. The van der Waals surface area contributed by atoms with Crippen molar-refractivity contribution in [3.05, 3.63) is 69.7 Å². The van der Waals surface area contributed by atoms with Crippen LogP contribution in [0.3, 0.4) is 0 Å². The van der Waals surface area contributed by atoms with E-state index in [9.17, 15) is 9.59 Å². The highest BCUT2D eigenvalue weighted by molar-refractivity contribution is 6.64. The third-order valence-electron chi connectivity index (χ3n) is 3.36. The van der Waals surface area contributed by atoms with E-state index in [1.165, 1.54) is 0 Å². The van der Waals surface area contributed by atoms with E-state index < -0.39 is 11.2 Å². The van der Waals surface area contributed by atoms with Crippen molar-refractivity contribution in [2.75, 3.05) is 0 Å². The van der Waals surface area contributed by atoms with Crippen LogP contribution in [0.5, 0.6) is 0 Å². The van der Waals surface area contributed by atoms with E-state index in [-0.39, 0.29) is 5.78 Å². The Labute approximate surface area is 133 Å². The fourth-order valence-electron chi connectivity index (χ4n) is 2.04. The van der Waals surface area contributed by atoms with Gasteiger partial charge in [-0.2, -0.15) is 0 Å². The van der Waals surface area contributed by atoms with Crippen molar-refractivity contribution in [3.63, 3.8) is 0 Å². The van der Waals surface area contributed by atoms with Gasteiger partial charge in [0.1, 0.15) is 0 Å². The number of carbonyl (C=O) groups excluding carboxylic acids is 2. The number of carbonyl (C=O) groups is 2. The molecular weight excluding hydrogens is 307 g/mol. The van der Waals surface area contributed by atoms with Crippen molar-refractivity contribution in [2.24, 2.45) is 0 Å². The molecule has 2 aromatic carbocycles. The van der Waals surface area contributed by atoms with Gasteiger partial charge in [-0.05, 0) is 47.9 Å². The quantitative estimate of drug-likeness (QED) is 0.601. The van der Waals surface area contributed by atoms with Gasteiger partial charge in [0.15, 0.2) is 5.78 Å². The van der Waals surface area contributed by atoms with Crippen LogP contribution in [0.2, 0.25) is 5.02 Å². The van der Waals surface area contributed by atoms with Crippen LogP contribution in [0, 0.1) is 6.92 Å². The average molecular weight is 321 g/mol. The van der Waals surface area contributed by atoms with Crippen molar-refractivity contribution < 1.29 is 9.59 Å². The van der Waals surface area contributed by atoms with Crippen molar-refractivity contribution >= 4 is 34.2 Å². The summed E-state index contributed by atoms with van der Waals surface area (Å²) in [7, 11) is 0. The van der Waals surface area contributed by atoms with Crippen molar-refractivity contribution in [3.8, 4) is 0 Å². The Morgan fingerprint density at radius 1 is 1.10 bits per heavy atom. The number of aryl methyl sites for hydroxylation is 1. The van der Waals surface area contributed by atoms with Gasteiger partial charge in [-0.1, -0.05) is 42.8 Å². The fraction of sp³-hybridized carbons (Fsp3) is 0.176. The molecular formula is C17H14Cl2O2. The summed E-state index contributed by atoms with van der Waals surface area (Å²) >= 11 is 11.6. The Balaban J connectivity index is 2.40. The number of benzene rings is 2. The molecule has 0 saturated heterocycles. The molecule has 2 rings (SSSR count). The Hall–Kier alpha value is -1.64. The van der Waals surface area contributed by atoms with E-state index >= 15 is 0 Å². The van der Waals surface area contributed by atoms with Crippen LogP contribution in [0.15, 0.2) is 42.5 Å². The molecule has 21 heavy (non-hydrogen) atoms. The maximum Gasteiger partial charge on any atom is 0.228 e. The van der Waals surface area contributed by atoms with Crippen LogP contribution >= 0.6 is 23.2 Å². The Bertz CT molecular complexity index is 708. The van der Waals surface area contributed by atoms with Crippen molar-refractivity contribution in [1.29, 1.82) is 0 Å².